The van der Waals surface area contributed by atoms with E-state index in [2.05, 4.69) is 26.2 Å². The molecule has 0 bridgehead atoms. The van der Waals surface area contributed by atoms with Gasteiger partial charge < -0.3 is 14.8 Å². The number of hydrogen-bond donors (Lipinski definition) is 2. The lowest BCUT2D eigenvalue weighted by atomic mass is 10.1. The predicted octanol–water partition coefficient (Wildman–Crippen LogP) is 3.24. The molecule has 3 aromatic rings. The molecule has 0 unspecified atom stereocenters. The molecule has 0 fully saturated rings. The number of carbonyl (C=O) groups excluding carboxylic acids is 1. The largest absolute Gasteiger partial charge is 0.492 e. The average Bonchev–Trinajstić information content (AvgIpc) is 3.19. The SMILES string of the molecule is CCOc1ccnc(Oc2c(C)c(C(=O)NCc3ccc(S(=O)(=O)NC)cc3)nn2C(C)(C)C)c1C#N. The fourth-order valence-electron chi connectivity index (χ4n) is 3.41. The third-order valence-electron chi connectivity index (χ3n) is 5.36. The molecule has 0 aliphatic carbocycles. The molecule has 0 spiro atoms. The topological polar surface area (TPSA) is 148 Å². The molecule has 3 rings (SSSR count). The summed E-state index contributed by atoms with van der Waals surface area (Å²) in [6, 6.07) is 9.84. The lowest BCUT2D eigenvalue weighted by molar-refractivity contribution is 0.0943. The normalized spacial score (nSPS) is 11.6. The average molecular weight is 527 g/mol. The van der Waals surface area contributed by atoms with Crippen molar-refractivity contribution in [2.45, 2.75) is 51.6 Å². The van der Waals surface area contributed by atoms with Crippen molar-refractivity contribution >= 4 is 15.9 Å². The van der Waals surface area contributed by atoms with Crippen LogP contribution < -0.4 is 19.5 Å². The molecule has 2 N–H and O–H groups in total. The van der Waals surface area contributed by atoms with Gasteiger partial charge in [-0.1, -0.05) is 12.1 Å². The number of amides is 1. The molecule has 11 nitrogen and oxygen atoms in total. The molecule has 0 radical (unpaired) electrons. The number of sulfonamides is 1. The summed E-state index contributed by atoms with van der Waals surface area (Å²) < 4.78 is 39.2. The smallest absolute Gasteiger partial charge is 0.272 e. The first-order valence-corrected chi connectivity index (χ1v) is 13.0. The summed E-state index contributed by atoms with van der Waals surface area (Å²) in [5, 5.41) is 17.0. The van der Waals surface area contributed by atoms with Crippen molar-refractivity contribution in [3.63, 3.8) is 0 Å². The van der Waals surface area contributed by atoms with Crippen LogP contribution in [-0.2, 0) is 22.1 Å². The van der Waals surface area contributed by atoms with E-state index in [9.17, 15) is 18.5 Å². The minimum atomic E-state index is -3.55. The number of aromatic nitrogens is 3. The van der Waals surface area contributed by atoms with E-state index < -0.39 is 21.5 Å². The van der Waals surface area contributed by atoms with E-state index in [0.29, 0.717) is 23.5 Å². The number of ether oxygens (including phenoxy) is 2. The third-order valence-corrected chi connectivity index (χ3v) is 6.79. The van der Waals surface area contributed by atoms with Crippen LogP contribution >= 0.6 is 0 Å². The van der Waals surface area contributed by atoms with E-state index in [4.69, 9.17) is 9.47 Å². The van der Waals surface area contributed by atoms with Gasteiger partial charge in [0.25, 0.3) is 5.91 Å². The highest BCUT2D eigenvalue weighted by atomic mass is 32.2. The van der Waals surface area contributed by atoms with Gasteiger partial charge in [0.2, 0.25) is 21.8 Å². The first-order chi connectivity index (χ1) is 17.4. The fraction of sp³-hybridized carbons (Fsp3) is 0.360. The molecule has 12 heteroatoms. The summed E-state index contributed by atoms with van der Waals surface area (Å²) >= 11 is 0. The first-order valence-electron chi connectivity index (χ1n) is 11.5. The number of hydrogen-bond acceptors (Lipinski definition) is 8. The Labute approximate surface area is 216 Å². The predicted molar refractivity (Wildman–Crippen MR) is 136 cm³/mol. The molecule has 196 valence electrons. The maximum absolute atomic E-state index is 13.1. The van der Waals surface area contributed by atoms with Crippen molar-refractivity contribution in [1.29, 1.82) is 5.26 Å². The second kappa shape index (κ2) is 11.0. The number of benzene rings is 1. The number of carbonyl (C=O) groups is 1. The molecular formula is C25H30N6O5S. The van der Waals surface area contributed by atoms with E-state index in [1.54, 1.807) is 29.8 Å². The van der Waals surface area contributed by atoms with Gasteiger partial charge in [0.1, 0.15) is 11.8 Å². The van der Waals surface area contributed by atoms with E-state index >= 15 is 0 Å². The van der Waals surface area contributed by atoms with E-state index in [-0.39, 0.29) is 34.5 Å². The van der Waals surface area contributed by atoms with Gasteiger partial charge in [-0.25, -0.2) is 22.8 Å². The Balaban J connectivity index is 1.89. The van der Waals surface area contributed by atoms with E-state index in [1.807, 2.05) is 27.7 Å². The maximum atomic E-state index is 13.1. The van der Waals surface area contributed by atoms with Crippen molar-refractivity contribution in [2.24, 2.45) is 0 Å². The van der Waals surface area contributed by atoms with Crippen LogP contribution in [0.5, 0.6) is 17.5 Å². The lowest BCUT2D eigenvalue weighted by Crippen LogP contribution is -2.26. The second-order valence-corrected chi connectivity index (χ2v) is 10.9. The quantitative estimate of drug-likeness (QED) is 0.432. The fourth-order valence-corrected chi connectivity index (χ4v) is 4.14. The minimum absolute atomic E-state index is 0.0468. The van der Waals surface area contributed by atoms with Crippen LogP contribution in [0.1, 0.15) is 54.9 Å². The highest BCUT2D eigenvalue weighted by Crippen LogP contribution is 2.34. The Hall–Kier alpha value is -3.95. The summed E-state index contributed by atoms with van der Waals surface area (Å²) in [5.41, 5.74) is 0.912. The summed E-state index contributed by atoms with van der Waals surface area (Å²) in [6.45, 7) is 9.76. The van der Waals surface area contributed by atoms with Crippen LogP contribution in [-0.4, -0.2) is 42.7 Å². The number of nitrogens with zero attached hydrogens (tertiary/aromatic N) is 4. The minimum Gasteiger partial charge on any atom is -0.492 e. The standard InChI is InChI=1S/C25H30N6O5S/c1-7-35-20-12-13-28-23(19(20)14-26)36-24-16(2)21(30-31(24)25(3,4)5)22(32)29-15-17-8-10-18(11-9-17)37(33,34)27-6/h8-13,27H,7,15H2,1-6H3,(H,29,32). The van der Waals surface area contributed by atoms with Gasteiger partial charge in [-0.3, -0.25) is 4.79 Å². The van der Waals surface area contributed by atoms with Crippen LogP contribution in [0.2, 0.25) is 0 Å². The number of nitrogens with one attached hydrogen (secondary N) is 2. The van der Waals surface area contributed by atoms with Gasteiger partial charge in [0.15, 0.2) is 11.3 Å². The Morgan fingerprint density at radius 3 is 2.43 bits per heavy atom. The van der Waals surface area contributed by atoms with Crippen molar-refractivity contribution in [1.82, 2.24) is 24.8 Å². The number of pyridine rings is 1. The van der Waals surface area contributed by atoms with Crippen LogP contribution in [0.3, 0.4) is 0 Å². The number of nitriles is 1. The maximum Gasteiger partial charge on any atom is 0.272 e. The summed E-state index contributed by atoms with van der Waals surface area (Å²) in [4.78, 5) is 17.4. The zero-order valence-electron chi connectivity index (χ0n) is 21.6. The van der Waals surface area contributed by atoms with Gasteiger partial charge in [-0.15, -0.1) is 0 Å². The van der Waals surface area contributed by atoms with Gasteiger partial charge in [0.05, 0.1) is 17.0 Å². The second-order valence-electron chi connectivity index (χ2n) is 9.03. The van der Waals surface area contributed by atoms with E-state index in [0.717, 1.165) is 0 Å². The summed E-state index contributed by atoms with van der Waals surface area (Å²) in [5.74, 6) is 0.234. The lowest BCUT2D eigenvalue weighted by Gasteiger charge is -2.22. The van der Waals surface area contributed by atoms with Crippen molar-refractivity contribution in [2.75, 3.05) is 13.7 Å². The molecule has 2 heterocycles. The Morgan fingerprint density at radius 1 is 1.19 bits per heavy atom. The molecular weight excluding hydrogens is 496 g/mol. The highest BCUT2D eigenvalue weighted by molar-refractivity contribution is 7.89. The van der Waals surface area contributed by atoms with Crippen LogP contribution in [0, 0.1) is 18.3 Å². The monoisotopic (exact) mass is 526 g/mol. The van der Waals surface area contributed by atoms with Gasteiger partial charge in [-0.05, 0) is 59.4 Å². The van der Waals surface area contributed by atoms with Crippen molar-refractivity contribution in [3.8, 4) is 23.6 Å². The molecule has 0 aliphatic rings. The molecule has 1 aromatic carbocycles. The molecule has 0 saturated carbocycles. The molecule has 37 heavy (non-hydrogen) atoms. The highest BCUT2D eigenvalue weighted by Gasteiger charge is 2.29. The Morgan fingerprint density at radius 2 is 1.86 bits per heavy atom. The van der Waals surface area contributed by atoms with Gasteiger partial charge in [-0.2, -0.15) is 10.4 Å². The zero-order valence-corrected chi connectivity index (χ0v) is 22.4. The number of rotatable bonds is 9. The zero-order chi connectivity index (χ0) is 27.4. The Kier molecular flexibility index (Phi) is 8.20. The summed E-state index contributed by atoms with van der Waals surface area (Å²) in [7, 11) is -2.20. The van der Waals surface area contributed by atoms with Crippen molar-refractivity contribution < 1.29 is 22.7 Å². The third kappa shape index (κ3) is 6.07. The molecule has 1 amide bonds. The van der Waals surface area contributed by atoms with Crippen LogP contribution in [0.25, 0.3) is 0 Å². The molecule has 0 atom stereocenters. The van der Waals surface area contributed by atoms with Gasteiger partial charge >= 0.3 is 0 Å². The molecule has 0 saturated heterocycles. The van der Waals surface area contributed by atoms with Crippen LogP contribution in [0.4, 0.5) is 0 Å². The first kappa shape index (κ1) is 27.6. The van der Waals surface area contributed by atoms with E-state index in [1.165, 1.54) is 25.4 Å². The van der Waals surface area contributed by atoms with Crippen LogP contribution in [0.15, 0.2) is 41.4 Å². The summed E-state index contributed by atoms with van der Waals surface area (Å²) in [6.07, 6.45) is 1.48. The van der Waals surface area contributed by atoms with Crippen molar-refractivity contribution in [3.05, 3.63) is 58.9 Å². The van der Waals surface area contributed by atoms with Gasteiger partial charge in [0, 0.05) is 24.4 Å². The molecule has 0 aliphatic heterocycles. The Bertz CT molecular complexity index is 1430. The molecule has 2 aromatic heterocycles.